The third-order valence-electron chi connectivity index (χ3n) is 4.38. The zero-order valence-corrected chi connectivity index (χ0v) is 13.9. The van der Waals surface area contributed by atoms with E-state index >= 15 is 0 Å². The second-order valence-electron chi connectivity index (χ2n) is 5.88. The first-order valence-corrected chi connectivity index (χ1v) is 8.26. The fraction of sp³-hybridized carbons (Fsp3) is 0.100. The summed E-state index contributed by atoms with van der Waals surface area (Å²) in [4.78, 5) is 15.6. The van der Waals surface area contributed by atoms with Gasteiger partial charge in [-0.2, -0.15) is 0 Å². The van der Waals surface area contributed by atoms with E-state index in [0.717, 1.165) is 11.0 Å². The minimum absolute atomic E-state index is 0.369. The summed E-state index contributed by atoms with van der Waals surface area (Å²) in [5, 5.41) is 11.0. The number of nitrogens with zero attached hydrogens (tertiary/aromatic N) is 2. The van der Waals surface area contributed by atoms with Crippen LogP contribution in [0.1, 0.15) is 10.4 Å². The van der Waals surface area contributed by atoms with Crippen molar-refractivity contribution in [2.75, 3.05) is 6.61 Å². The largest absolute Gasteiger partial charge is 0.492 e. The Morgan fingerprint density at radius 3 is 2.62 bits per heavy atom. The number of rotatable bonds is 5. The molecule has 2 heterocycles. The number of amides is 1. The number of hydrogen-bond acceptors (Lipinski definition) is 4. The van der Waals surface area contributed by atoms with Gasteiger partial charge in [0.15, 0.2) is 0 Å². The molecule has 130 valence electrons. The summed E-state index contributed by atoms with van der Waals surface area (Å²) in [5.74, 6) is 0.118. The van der Waals surface area contributed by atoms with Gasteiger partial charge in [0.1, 0.15) is 12.4 Å². The number of carbonyl (C=O) groups excluding carboxylic acids is 1. The number of carbonyl (C=O) groups is 1. The molecular formula is C20H17N3O3. The maximum Gasteiger partial charge on any atom is 0.274 e. The normalized spacial score (nSPS) is 11.0. The van der Waals surface area contributed by atoms with Crippen LogP contribution in [0.2, 0.25) is 0 Å². The molecule has 2 aromatic carbocycles. The molecule has 4 rings (SSSR count). The standard InChI is InChI=1S/C20H17N3O3/c24-20(22-25)14-5-7-15(8-6-14)26-12-11-23-18-4-2-1-3-16(18)17-9-10-21-13-19(17)23/h1-10,13,25H,11-12H2,(H,22,24). The van der Waals surface area contributed by atoms with E-state index in [2.05, 4.69) is 21.7 Å². The van der Waals surface area contributed by atoms with Gasteiger partial charge >= 0.3 is 0 Å². The van der Waals surface area contributed by atoms with Crippen molar-refractivity contribution in [1.29, 1.82) is 0 Å². The van der Waals surface area contributed by atoms with Crippen molar-refractivity contribution in [2.45, 2.75) is 6.54 Å². The molecule has 0 spiro atoms. The highest BCUT2D eigenvalue weighted by molar-refractivity contribution is 6.07. The van der Waals surface area contributed by atoms with E-state index in [0.29, 0.717) is 24.5 Å². The molecule has 0 saturated heterocycles. The molecule has 0 aliphatic rings. The summed E-state index contributed by atoms with van der Waals surface area (Å²) >= 11 is 0. The van der Waals surface area contributed by atoms with Crippen LogP contribution >= 0.6 is 0 Å². The minimum Gasteiger partial charge on any atom is -0.492 e. The fourth-order valence-electron chi connectivity index (χ4n) is 3.16. The third kappa shape index (κ3) is 2.87. The lowest BCUT2D eigenvalue weighted by Crippen LogP contribution is -2.18. The molecule has 2 aromatic heterocycles. The molecule has 0 unspecified atom stereocenters. The molecule has 0 aliphatic heterocycles. The number of ether oxygens (including phenoxy) is 1. The van der Waals surface area contributed by atoms with Crippen molar-refractivity contribution in [2.24, 2.45) is 0 Å². The molecule has 0 aliphatic carbocycles. The zero-order chi connectivity index (χ0) is 17.9. The molecule has 0 radical (unpaired) electrons. The van der Waals surface area contributed by atoms with Gasteiger partial charge in [0.2, 0.25) is 0 Å². The number of benzene rings is 2. The van der Waals surface area contributed by atoms with E-state index in [9.17, 15) is 4.79 Å². The van der Waals surface area contributed by atoms with Gasteiger partial charge in [0, 0.05) is 28.0 Å². The zero-order valence-electron chi connectivity index (χ0n) is 13.9. The van der Waals surface area contributed by atoms with Crippen molar-refractivity contribution < 1.29 is 14.7 Å². The molecule has 26 heavy (non-hydrogen) atoms. The van der Waals surface area contributed by atoms with Crippen LogP contribution in [0, 0.1) is 0 Å². The predicted octanol–water partition coefficient (Wildman–Crippen LogP) is 3.39. The van der Waals surface area contributed by atoms with Crippen LogP contribution in [0.3, 0.4) is 0 Å². The maximum absolute atomic E-state index is 11.3. The van der Waals surface area contributed by atoms with Crippen LogP contribution in [-0.4, -0.2) is 27.3 Å². The summed E-state index contributed by atoms with van der Waals surface area (Å²) < 4.78 is 8.01. The maximum atomic E-state index is 11.3. The van der Waals surface area contributed by atoms with E-state index in [-0.39, 0.29) is 0 Å². The lowest BCUT2D eigenvalue weighted by atomic mass is 10.2. The molecule has 1 amide bonds. The van der Waals surface area contributed by atoms with Gasteiger partial charge in [0.25, 0.3) is 5.91 Å². The summed E-state index contributed by atoms with van der Waals surface area (Å²) in [6, 6.07) is 16.9. The van der Waals surface area contributed by atoms with Crippen LogP contribution in [0.15, 0.2) is 67.0 Å². The van der Waals surface area contributed by atoms with E-state index in [1.165, 1.54) is 10.8 Å². The lowest BCUT2D eigenvalue weighted by Gasteiger charge is -2.10. The molecule has 6 heteroatoms. The summed E-state index contributed by atoms with van der Waals surface area (Å²) in [6.07, 6.45) is 3.68. The van der Waals surface area contributed by atoms with Gasteiger partial charge in [0.05, 0.1) is 18.3 Å². The first-order valence-electron chi connectivity index (χ1n) is 8.26. The fourth-order valence-corrected chi connectivity index (χ4v) is 3.16. The van der Waals surface area contributed by atoms with Crippen molar-refractivity contribution >= 4 is 27.7 Å². The van der Waals surface area contributed by atoms with Crippen molar-refractivity contribution in [3.8, 4) is 5.75 Å². The molecule has 0 atom stereocenters. The quantitative estimate of drug-likeness (QED) is 0.429. The number of fused-ring (bicyclic) bond motifs is 3. The van der Waals surface area contributed by atoms with Gasteiger partial charge in [-0.3, -0.25) is 15.0 Å². The molecular weight excluding hydrogens is 330 g/mol. The Kier molecular flexibility index (Phi) is 4.25. The number of hydrogen-bond donors (Lipinski definition) is 2. The number of para-hydroxylation sites is 1. The Bertz CT molecular complexity index is 1020. The number of pyridine rings is 1. The summed E-state index contributed by atoms with van der Waals surface area (Å²) in [6.45, 7) is 1.16. The van der Waals surface area contributed by atoms with Crippen LogP contribution in [0.4, 0.5) is 0 Å². The van der Waals surface area contributed by atoms with E-state index < -0.39 is 5.91 Å². The monoisotopic (exact) mass is 347 g/mol. The molecule has 0 saturated carbocycles. The summed E-state index contributed by atoms with van der Waals surface area (Å²) in [7, 11) is 0. The minimum atomic E-state index is -0.547. The number of hydroxylamine groups is 1. The Labute approximate surface area is 149 Å². The first kappa shape index (κ1) is 16.1. The highest BCUT2D eigenvalue weighted by atomic mass is 16.5. The smallest absolute Gasteiger partial charge is 0.274 e. The van der Waals surface area contributed by atoms with Crippen molar-refractivity contribution in [3.63, 3.8) is 0 Å². The van der Waals surface area contributed by atoms with E-state index in [1.54, 1.807) is 35.9 Å². The Hall–Kier alpha value is -3.38. The van der Waals surface area contributed by atoms with Crippen LogP contribution < -0.4 is 10.2 Å². The van der Waals surface area contributed by atoms with E-state index in [4.69, 9.17) is 9.94 Å². The number of nitrogens with one attached hydrogen (secondary N) is 1. The highest BCUT2D eigenvalue weighted by Crippen LogP contribution is 2.28. The van der Waals surface area contributed by atoms with Crippen molar-refractivity contribution in [3.05, 3.63) is 72.6 Å². The predicted molar refractivity (Wildman–Crippen MR) is 98.4 cm³/mol. The van der Waals surface area contributed by atoms with Gasteiger partial charge in [-0.1, -0.05) is 18.2 Å². The topological polar surface area (TPSA) is 76.4 Å². The SMILES string of the molecule is O=C(NO)c1ccc(OCCn2c3ccccc3c3ccncc32)cc1. The molecule has 0 fully saturated rings. The highest BCUT2D eigenvalue weighted by Gasteiger charge is 2.10. The molecule has 0 bridgehead atoms. The summed E-state index contributed by atoms with van der Waals surface area (Å²) in [5.41, 5.74) is 4.20. The molecule has 6 nitrogen and oxygen atoms in total. The average molecular weight is 347 g/mol. The second-order valence-corrected chi connectivity index (χ2v) is 5.88. The van der Waals surface area contributed by atoms with Crippen LogP contribution in [0.25, 0.3) is 21.8 Å². The Morgan fingerprint density at radius 2 is 1.81 bits per heavy atom. The second kappa shape index (κ2) is 6.85. The van der Waals surface area contributed by atoms with Gasteiger partial charge < -0.3 is 9.30 Å². The first-order chi connectivity index (χ1) is 12.8. The van der Waals surface area contributed by atoms with Crippen LogP contribution in [0.5, 0.6) is 5.75 Å². The molecule has 2 N–H and O–H groups in total. The average Bonchev–Trinajstić information content (AvgIpc) is 3.02. The van der Waals surface area contributed by atoms with E-state index in [1.807, 2.05) is 24.4 Å². The van der Waals surface area contributed by atoms with Gasteiger partial charge in [-0.15, -0.1) is 0 Å². The molecule has 4 aromatic rings. The van der Waals surface area contributed by atoms with Crippen LogP contribution in [-0.2, 0) is 6.54 Å². The van der Waals surface area contributed by atoms with Crippen molar-refractivity contribution in [1.82, 2.24) is 15.0 Å². The Morgan fingerprint density at radius 1 is 1.04 bits per heavy atom. The van der Waals surface area contributed by atoms with Gasteiger partial charge in [-0.25, -0.2) is 5.48 Å². The Balaban J connectivity index is 1.54. The third-order valence-corrected chi connectivity index (χ3v) is 4.38. The lowest BCUT2D eigenvalue weighted by molar-refractivity contribution is 0.0706. The number of aromatic nitrogens is 2. The van der Waals surface area contributed by atoms with Gasteiger partial charge in [-0.05, 0) is 36.4 Å².